The van der Waals surface area contributed by atoms with Crippen molar-refractivity contribution in [2.24, 2.45) is 0 Å². The molecule has 1 aromatic heterocycles. The molecule has 0 saturated carbocycles. The van der Waals surface area contributed by atoms with E-state index in [1.807, 2.05) is 24.3 Å². The van der Waals surface area contributed by atoms with Gasteiger partial charge in [-0.1, -0.05) is 30.3 Å². The molecule has 0 bridgehead atoms. The van der Waals surface area contributed by atoms with Gasteiger partial charge in [0.05, 0.1) is 11.6 Å². The molecule has 0 radical (unpaired) electrons. The Morgan fingerprint density at radius 3 is 2.28 bits per heavy atom. The van der Waals surface area contributed by atoms with Crippen LogP contribution in [0.3, 0.4) is 0 Å². The molecule has 2 aromatic rings. The molecule has 1 heterocycles. The molecule has 18 heavy (non-hydrogen) atoms. The highest BCUT2D eigenvalue weighted by Crippen LogP contribution is 2.00. The fourth-order valence-electron chi connectivity index (χ4n) is 1.52. The van der Waals surface area contributed by atoms with Crippen molar-refractivity contribution >= 4 is 5.78 Å². The van der Waals surface area contributed by atoms with Gasteiger partial charge in [-0.3, -0.25) is 4.79 Å². The topological polar surface area (TPSA) is 44.7 Å². The second-order valence-corrected chi connectivity index (χ2v) is 3.66. The number of ketones is 1. The van der Waals surface area contributed by atoms with Crippen molar-refractivity contribution in [3.63, 3.8) is 0 Å². The molecule has 0 spiro atoms. The number of carbonyl (C=O) groups is 1. The SMILES string of the molecule is N#Cc1cc[n+](CC(=O)c2ccccc2)cc1.[Cl-]. The Kier molecular flexibility index (Phi) is 5.04. The summed E-state index contributed by atoms with van der Waals surface area (Å²) in [5.74, 6) is 0.0558. The van der Waals surface area contributed by atoms with E-state index >= 15 is 0 Å². The number of pyridine rings is 1. The van der Waals surface area contributed by atoms with Gasteiger partial charge in [-0.25, -0.2) is 0 Å². The van der Waals surface area contributed by atoms with E-state index in [1.165, 1.54) is 0 Å². The molecule has 1 aromatic carbocycles. The first-order chi connectivity index (χ1) is 8.29. The monoisotopic (exact) mass is 258 g/mol. The summed E-state index contributed by atoms with van der Waals surface area (Å²) in [7, 11) is 0. The molecule has 0 saturated heterocycles. The Bertz CT molecular complexity index is 559. The Labute approximate surface area is 112 Å². The van der Waals surface area contributed by atoms with Crippen molar-refractivity contribution in [2.45, 2.75) is 6.54 Å². The third-order valence-corrected chi connectivity index (χ3v) is 2.44. The highest BCUT2D eigenvalue weighted by Gasteiger charge is 2.11. The molecule has 0 fully saturated rings. The lowest BCUT2D eigenvalue weighted by Crippen LogP contribution is -3.00. The first-order valence-corrected chi connectivity index (χ1v) is 5.27. The van der Waals surface area contributed by atoms with Crippen molar-refractivity contribution in [3.8, 4) is 6.07 Å². The van der Waals surface area contributed by atoms with Gasteiger partial charge in [-0.15, -0.1) is 0 Å². The van der Waals surface area contributed by atoms with Gasteiger partial charge in [0.15, 0.2) is 12.4 Å². The Hall–Kier alpha value is -2.18. The highest BCUT2D eigenvalue weighted by molar-refractivity contribution is 5.94. The number of Topliss-reactive ketones (excluding diaryl/α,β-unsaturated/α-hetero) is 1. The molecule has 0 aliphatic heterocycles. The summed E-state index contributed by atoms with van der Waals surface area (Å²) >= 11 is 0. The Morgan fingerprint density at radius 1 is 1.11 bits per heavy atom. The van der Waals surface area contributed by atoms with Crippen LogP contribution in [0.4, 0.5) is 0 Å². The summed E-state index contributed by atoms with van der Waals surface area (Å²) in [4.78, 5) is 11.9. The van der Waals surface area contributed by atoms with Crippen molar-refractivity contribution in [1.29, 1.82) is 5.26 Å². The van der Waals surface area contributed by atoms with Crippen LogP contribution in [0, 0.1) is 11.3 Å². The first kappa shape index (κ1) is 13.9. The van der Waals surface area contributed by atoms with Gasteiger partial charge >= 0.3 is 0 Å². The summed E-state index contributed by atoms with van der Waals surface area (Å²) in [6.07, 6.45) is 3.47. The van der Waals surface area contributed by atoms with Crippen LogP contribution in [0.25, 0.3) is 0 Å². The lowest BCUT2D eigenvalue weighted by atomic mass is 10.1. The average Bonchev–Trinajstić information content (AvgIpc) is 2.40. The van der Waals surface area contributed by atoms with Crippen molar-refractivity contribution < 1.29 is 21.8 Å². The first-order valence-electron chi connectivity index (χ1n) is 5.27. The second kappa shape index (κ2) is 6.53. The summed E-state index contributed by atoms with van der Waals surface area (Å²) < 4.78 is 1.76. The standard InChI is InChI=1S/C14H11N2O.ClH/c15-10-12-6-8-16(9-7-12)11-14(17)13-4-2-1-3-5-13;/h1-9H,11H2;1H/q+1;/p-1. The van der Waals surface area contributed by atoms with Crippen LogP contribution >= 0.6 is 0 Å². The highest BCUT2D eigenvalue weighted by atomic mass is 35.5. The van der Waals surface area contributed by atoms with Crippen molar-refractivity contribution in [1.82, 2.24) is 0 Å². The maximum absolute atomic E-state index is 11.9. The minimum Gasteiger partial charge on any atom is -1.00 e. The van der Waals surface area contributed by atoms with E-state index in [0.717, 1.165) is 0 Å². The zero-order valence-electron chi connectivity index (χ0n) is 9.58. The van der Waals surface area contributed by atoms with Gasteiger partial charge in [-0.05, 0) is 0 Å². The van der Waals surface area contributed by atoms with Crippen LogP contribution in [-0.2, 0) is 6.54 Å². The average molecular weight is 259 g/mol. The van der Waals surface area contributed by atoms with Gasteiger partial charge in [0.2, 0.25) is 12.3 Å². The van der Waals surface area contributed by atoms with Gasteiger partial charge in [0.25, 0.3) is 0 Å². The molecule has 3 nitrogen and oxygen atoms in total. The third kappa shape index (κ3) is 3.41. The number of nitrogens with zero attached hydrogens (tertiary/aromatic N) is 2. The zero-order chi connectivity index (χ0) is 12.1. The molecule has 4 heteroatoms. The molecule has 0 N–H and O–H groups in total. The molecule has 0 aliphatic carbocycles. The fourth-order valence-corrected chi connectivity index (χ4v) is 1.52. The van der Waals surface area contributed by atoms with Crippen LogP contribution in [-0.4, -0.2) is 5.78 Å². The predicted octanol–water partition coefficient (Wildman–Crippen LogP) is -1.27. The number of aromatic nitrogens is 1. The molecule has 0 atom stereocenters. The number of hydrogen-bond donors (Lipinski definition) is 0. The van der Waals surface area contributed by atoms with Gasteiger partial charge < -0.3 is 12.4 Å². The molecule has 0 unspecified atom stereocenters. The van der Waals surface area contributed by atoms with Crippen molar-refractivity contribution in [2.75, 3.05) is 0 Å². The molecule has 0 aliphatic rings. The zero-order valence-corrected chi connectivity index (χ0v) is 10.3. The van der Waals surface area contributed by atoms with E-state index in [1.54, 1.807) is 41.2 Å². The summed E-state index contributed by atoms with van der Waals surface area (Å²) in [5, 5.41) is 8.66. The number of rotatable bonds is 3. The molecule has 0 amide bonds. The normalized spacial score (nSPS) is 9.06. The maximum Gasteiger partial charge on any atom is 0.227 e. The summed E-state index contributed by atoms with van der Waals surface area (Å²) in [6.45, 7) is 0.287. The Morgan fingerprint density at radius 2 is 1.72 bits per heavy atom. The number of hydrogen-bond acceptors (Lipinski definition) is 2. The van der Waals surface area contributed by atoms with Gasteiger partial charge in [-0.2, -0.15) is 9.83 Å². The van der Waals surface area contributed by atoms with Gasteiger partial charge in [0, 0.05) is 17.7 Å². The second-order valence-electron chi connectivity index (χ2n) is 3.66. The van der Waals surface area contributed by atoms with E-state index in [0.29, 0.717) is 11.1 Å². The van der Waals surface area contributed by atoms with Crippen LogP contribution in [0.2, 0.25) is 0 Å². The number of benzene rings is 1. The van der Waals surface area contributed by atoms with E-state index in [9.17, 15) is 4.79 Å². The fraction of sp³-hybridized carbons (Fsp3) is 0.0714. The number of nitriles is 1. The van der Waals surface area contributed by atoms with Crippen molar-refractivity contribution in [3.05, 3.63) is 66.0 Å². The van der Waals surface area contributed by atoms with Crippen LogP contribution in [0.15, 0.2) is 54.9 Å². The quantitative estimate of drug-likeness (QED) is 0.509. The van der Waals surface area contributed by atoms with Crippen LogP contribution < -0.4 is 17.0 Å². The van der Waals surface area contributed by atoms with E-state index in [4.69, 9.17) is 5.26 Å². The molecular formula is C14H11ClN2O. The number of halogens is 1. The minimum absolute atomic E-state index is 0. The third-order valence-electron chi connectivity index (χ3n) is 2.44. The number of carbonyl (C=O) groups excluding carboxylic acids is 1. The predicted molar refractivity (Wildman–Crippen MR) is 62.1 cm³/mol. The van der Waals surface area contributed by atoms with E-state index in [-0.39, 0.29) is 24.7 Å². The summed E-state index contributed by atoms with van der Waals surface area (Å²) in [5.41, 5.74) is 1.29. The minimum atomic E-state index is 0. The van der Waals surface area contributed by atoms with Crippen LogP contribution in [0.1, 0.15) is 15.9 Å². The van der Waals surface area contributed by atoms with E-state index in [2.05, 4.69) is 0 Å². The largest absolute Gasteiger partial charge is 1.00 e. The smallest absolute Gasteiger partial charge is 0.227 e. The Balaban J connectivity index is 0.00000162. The van der Waals surface area contributed by atoms with Gasteiger partial charge in [0.1, 0.15) is 0 Å². The molecule has 2 rings (SSSR count). The van der Waals surface area contributed by atoms with Crippen LogP contribution in [0.5, 0.6) is 0 Å². The lowest BCUT2D eigenvalue weighted by Gasteiger charge is -1.97. The van der Waals surface area contributed by atoms with E-state index < -0.39 is 0 Å². The summed E-state index contributed by atoms with van der Waals surface area (Å²) in [6, 6.07) is 14.6. The molecular weight excluding hydrogens is 248 g/mol. The molecule has 90 valence electrons. The maximum atomic E-state index is 11.9. The lowest BCUT2D eigenvalue weighted by molar-refractivity contribution is -0.683.